The van der Waals surface area contributed by atoms with Crippen LogP contribution in [-0.4, -0.2) is 20.6 Å². The number of fused-ring (bicyclic) bond motifs is 1. The van der Waals surface area contributed by atoms with E-state index in [1.807, 2.05) is 32.1 Å². The van der Waals surface area contributed by atoms with Crippen LogP contribution in [0.15, 0.2) is 54.3 Å². The van der Waals surface area contributed by atoms with Crippen LogP contribution in [0.5, 0.6) is 0 Å². The van der Waals surface area contributed by atoms with E-state index >= 15 is 0 Å². The Kier molecular flexibility index (Phi) is 6.44. The van der Waals surface area contributed by atoms with Crippen LogP contribution >= 0.6 is 11.6 Å². The minimum atomic E-state index is -1.12. The predicted octanol–water partition coefficient (Wildman–Crippen LogP) is 5.77. The van der Waals surface area contributed by atoms with E-state index in [4.69, 9.17) is 16.7 Å². The van der Waals surface area contributed by atoms with Crippen LogP contribution < -0.4 is 0 Å². The first-order valence-electron chi connectivity index (χ1n) is 9.27. The molecule has 3 aromatic rings. The van der Waals surface area contributed by atoms with Crippen LogP contribution in [0.2, 0.25) is 5.02 Å². The highest BCUT2D eigenvalue weighted by Crippen LogP contribution is 2.30. The SMILES string of the molecule is C/C=C(C)\C(=C/CC)c1nn2cc(Cl)ccc2c1Cc1cccc(C(=O)OF)n1. The summed E-state index contributed by atoms with van der Waals surface area (Å²) in [6, 6.07) is 8.56. The summed E-state index contributed by atoms with van der Waals surface area (Å²) in [5.41, 5.74) is 5.31. The Morgan fingerprint density at radius 2 is 2.10 bits per heavy atom. The summed E-state index contributed by atoms with van der Waals surface area (Å²) in [6.07, 6.45) is 7.18. The zero-order valence-corrected chi connectivity index (χ0v) is 17.2. The van der Waals surface area contributed by atoms with Crippen LogP contribution in [0.4, 0.5) is 4.53 Å². The lowest BCUT2D eigenvalue weighted by Crippen LogP contribution is -2.05. The molecule has 0 aliphatic heterocycles. The standard InChI is InChI=1S/C22H21ClFN3O2/c1-4-7-17(14(3)5-2)21-18(20-11-10-15(23)13-27(20)26-21)12-16-8-6-9-19(25-16)22(28)29-24/h5-11,13H,4,12H2,1-3H3/b14-5-,17-7+. The number of carbonyl (C=O) groups is 1. The van der Waals surface area contributed by atoms with Gasteiger partial charge in [0.2, 0.25) is 0 Å². The van der Waals surface area contributed by atoms with E-state index in [9.17, 15) is 9.32 Å². The molecule has 0 amide bonds. The monoisotopic (exact) mass is 413 g/mol. The largest absolute Gasteiger partial charge is 0.397 e. The second kappa shape index (κ2) is 9.01. The molecule has 0 spiro atoms. The van der Waals surface area contributed by atoms with Crippen molar-refractivity contribution in [2.45, 2.75) is 33.6 Å². The number of carbonyl (C=O) groups excluding carboxylic acids is 1. The van der Waals surface area contributed by atoms with Crippen molar-refractivity contribution in [1.29, 1.82) is 0 Å². The van der Waals surface area contributed by atoms with Crippen molar-refractivity contribution in [3.63, 3.8) is 0 Å². The molecule has 5 nitrogen and oxygen atoms in total. The fourth-order valence-corrected chi connectivity index (χ4v) is 3.34. The van der Waals surface area contributed by atoms with E-state index in [1.165, 1.54) is 6.07 Å². The highest BCUT2D eigenvalue weighted by Gasteiger charge is 2.19. The fraction of sp³-hybridized carbons (Fsp3) is 0.227. The number of aromatic nitrogens is 3. The Morgan fingerprint density at radius 3 is 2.79 bits per heavy atom. The van der Waals surface area contributed by atoms with Crippen LogP contribution in [0.25, 0.3) is 11.1 Å². The van der Waals surface area contributed by atoms with Crippen molar-refractivity contribution < 1.29 is 14.3 Å². The predicted molar refractivity (Wildman–Crippen MR) is 111 cm³/mol. The van der Waals surface area contributed by atoms with E-state index in [0.29, 0.717) is 17.1 Å². The first-order chi connectivity index (χ1) is 14.0. The molecular weight excluding hydrogens is 393 g/mol. The molecular formula is C22H21ClFN3O2. The number of pyridine rings is 2. The van der Waals surface area contributed by atoms with Gasteiger partial charge in [0.1, 0.15) is 0 Å². The molecule has 3 heterocycles. The molecule has 3 aromatic heterocycles. The average Bonchev–Trinajstić information content (AvgIpc) is 3.07. The summed E-state index contributed by atoms with van der Waals surface area (Å²) < 4.78 is 14.0. The summed E-state index contributed by atoms with van der Waals surface area (Å²) in [4.78, 5) is 19.0. The van der Waals surface area contributed by atoms with Gasteiger partial charge in [-0.15, -0.1) is 0 Å². The minimum absolute atomic E-state index is 0.0833. The van der Waals surface area contributed by atoms with E-state index in [2.05, 4.69) is 22.9 Å². The lowest BCUT2D eigenvalue weighted by molar-refractivity contribution is -0.0793. The third-order valence-electron chi connectivity index (χ3n) is 4.66. The second-order valence-corrected chi connectivity index (χ2v) is 6.99. The van der Waals surface area contributed by atoms with Gasteiger partial charge in [-0.25, -0.2) is 19.2 Å². The number of nitrogens with zero attached hydrogens (tertiary/aromatic N) is 3. The molecule has 7 heteroatoms. The van der Waals surface area contributed by atoms with Gasteiger partial charge in [0.05, 0.1) is 16.2 Å². The Labute approximate surface area is 173 Å². The molecule has 0 aliphatic carbocycles. The molecule has 0 aliphatic rings. The zero-order valence-electron chi connectivity index (χ0n) is 16.4. The van der Waals surface area contributed by atoms with E-state index < -0.39 is 5.97 Å². The fourth-order valence-electron chi connectivity index (χ4n) is 3.18. The Bertz CT molecular complexity index is 1120. The van der Waals surface area contributed by atoms with Crippen molar-refractivity contribution in [2.75, 3.05) is 0 Å². The van der Waals surface area contributed by atoms with Crippen LogP contribution in [0, 0.1) is 0 Å². The lowest BCUT2D eigenvalue weighted by atomic mass is 9.96. The van der Waals surface area contributed by atoms with Crippen molar-refractivity contribution in [3.05, 3.63) is 81.9 Å². The van der Waals surface area contributed by atoms with Gasteiger partial charge in [0.15, 0.2) is 5.69 Å². The van der Waals surface area contributed by atoms with Gasteiger partial charge < -0.3 is 0 Å². The van der Waals surface area contributed by atoms with Gasteiger partial charge in [0.25, 0.3) is 0 Å². The minimum Gasteiger partial charge on any atom is -0.248 e. The maximum absolute atomic E-state index is 12.3. The average molecular weight is 414 g/mol. The molecule has 0 saturated carbocycles. The lowest BCUT2D eigenvalue weighted by Gasteiger charge is -2.09. The molecule has 0 atom stereocenters. The quantitative estimate of drug-likeness (QED) is 0.481. The van der Waals surface area contributed by atoms with E-state index in [0.717, 1.165) is 34.3 Å². The number of allylic oxidation sites excluding steroid dienone is 4. The van der Waals surface area contributed by atoms with Gasteiger partial charge in [0, 0.05) is 34.0 Å². The smallest absolute Gasteiger partial charge is 0.248 e. The van der Waals surface area contributed by atoms with E-state index in [1.54, 1.807) is 22.8 Å². The first-order valence-corrected chi connectivity index (χ1v) is 9.65. The van der Waals surface area contributed by atoms with E-state index in [-0.39, 0.29) is 5.69 Å². The molecule has 3 rings (SSSR count). The number of halogens is 2. The van der Waals surface area contributed by atoms with Gasteiger partial charge in [-0.05, 0) is 50.1 Å². The zero-order chi connectivity index (χ0) is 21.0. The van der Waals surface area contributed by atoms with Crippen molar-refractivity contribution in [2.24, 2.45) is 0 Å². The van der Waals surface area contributed by atoms with Gasteiger partial charge in [-0.3, -0.25) is 0 Å². The molecule has 0 radical (unpaired) electrons. The van der Waals surface area contributed by atoms with Gasteiger partial charge in [-0.1, -0.05) is 36.7 Å². The molecule has 0 aromatic carbocycles. The molecule has 0 saturated heterocycles. The maximum Gasteiger partial charge on any atom is 0.397 e. The topological polar surface area (TPSA) is 56.5 Å². The number of hydrogen-bond acceptors (Lipinski definition) is 4. The highest BCUT2D eigenvalue weighted by molar-refractivity contribution is 6.30. The normalized spacial score (nSPS) is 12.4. The number of rotatable bonds is 6. The molecule has 29 heavy (non-hydrogen) atoms. The number of hydrogen-bond donors (Lipinski definition) is 0. The molecule has 150 valence electrons. The van der Waals surface area contributed by atoms with Crippen LogP contribution in [0.1, 0.15) is 54.6 Å². The summed E-state index contributed by atoms with van der Waals surface area (Å²) in [7, 11) is 0. The Hall–Kier alpha value is -2.99. The molecule has 0 bridgehead atoms. The Balaban J connectivity index is 2.18. The Morgan fingerprint density at radius 1 is 1.31 bits per heavy atom. The summed E-state index contributed by atoms with van der Waals surface area (Å²) in [5, 5.41) is 5.35. The van der Waals surface area contributed by atoms with Gasteiger partial charge >= 0.3 is 5.97 Å². The maximum atomic E-state index is 12.3. The third kappa shape index (κ3) is 4.38. The van der Waals surface area contributed by atoms with Crippen LogP contribution in [-0.2, 0) is 11.4 Å². The van der Waals surface area contributed by atoms with Crippen LogP contribution in [0.3, 0.4) is 0 Å². The molecule has 0 fully saturated rings. The third-order valence-corrected chi connectivity index (χ3v) is 4.88. The van der Waals surface area contributed by atoms with Gasteiger partial charge in [-0.2, -0.15) is 5.10 Å². The summed E-state index contributed by atoms with van der Waals surface area (Å²) >= 11 is 6.16. The van der Waals surface area contributed by atoms with Crippen molar-refractivity contribution in [3.8, 4) is 0 Å². The molecule has 0 unspecified atom stereocenters. The summed E-state index contributed by atoms with van der Waals surface area (Å²) in [5.74, 6) is -1.12. The summed E-state index contributed by atoms with van der Waals surface area (Å²) in [6.45, 7) is 6.10. The second-order valence-electron chi connectivity index (χ2n) is 6.56. The highest BCUT2D eigenvalue weighted by atomic mass is 35.5. The molecule has 0 N–H and O–H groups in total. The van der Waals surface area contributed by atoms with Crippen molar-refractivity contribution in [1.82, 2.24) is 14.6 Å². The van der Waals surface area contributed by atoms with Crippen molar-refractivity contribution >= 4 is 28.7 Å². The first kappa shape index (κ1) is 20.7.